The molecular weight excluding hydrogens is 322 g/mol. The second kappa shape index (κ2) is 8.10. The number of piperidine rings is 1. The first-order valence-corrected chi connectivity index (χ1v) is 9.27. The molecule has 1 fully saturated rings. The van der Waals surface area contributed by atoms with Crippen LogP contribution in [0.5, 0.6) is 0 Å². The third-order valence-electron chi connectivity index (χ3n) is 4.30. The van der Waals surface area contributed by atoms with E-state index in [0.29, 0.717) is 6.04 Å². The van der Waals surface area contributed by atoms with Crippen molar-refractivity contribution in [1.29, 1.82) is 0 Å². The maximum absolute atomic E-state index is 12.5. The summed E-state index contributed by atoms with van der Waals surface area (Å²) in [6, 6.07) is 8.37. The molecule has 0 spiro atoms. The Morgan fingerprint density at radius 2 is 2.21 bits per heavy atom. The lowest BCUT2D eigenvalue weighted by molar-refractivity contribution is 0.179. The number of aromatic nitrogens is 2. The fraction of sp³-hybridized carbons (Fsp3) is 0.471. The van der Waals surface area contributed by atoms with Gasteiger partial charge in [-0.05, 0) is 42.8 Å². The number of thiophene rings is 1. The Balaban J connectivity index is 1.48. The fourth-order valence-electron chi connectivity index (χ4n) is 2.92. The van der Waals surface area contributed by atoms with Crippen molar-refractivity contribution in [3.63, 3.8) is 0 Å². The van der Waals surface area contributed by atoms with Gasteiger partial charge in [0, 0.05) is 30.2 Å². The lowest BCUT2D eigenvalue weighted by atomic mass is 10.1. The van der Waals surface area contributed by atoms with E-state index < -0.39 is 0 Å². The number of nitrogens with zero attached hydrogens (tertiary/aromatic N) is 3. The standard InChI is InChI=1S/C17H23N5OS/c1-2-14(15-5-4-12-24-15)20-17(23)22-10-7-13(8-11-22)19-16-6-3-9-18-21-16/h3-6,9,12-14H,2,7-8,10-11H2,1H3,(H,19,21)(H,20,23)/t14-/m1/s1. The highest BCUT2D eigenvalue weighted by atomic mass is 32.1. The molecule has 0 bridgehead atoms. The Kier molecular flexibility index (Phi) is 5.63. The lowest BCUT2D eigenvalue weighted by Crippen LogP contribution is -2.47. The van der Waals surface area contributed by atoms with Crippen molar-refractivity contribution >= 4 is 23.2 Å². The van der Waals surface area contributed by atoms with Crippen molar-refractivity contribution in [3.8, 4) is 0 Å². The van der Waals surface area contributed by atoms with Gasteiger partial charge in [-0.3, -0.25) is 0 Å². The van der Waals surface area contributed by atoms with Gasteiger partial charge in [-0.1, -0.05) is 13.0 Å². The first kappa shape index (κ1) is 16.7. The van der Waals surface area contributed by atoms with Crippen LogP contribution < -0.4 is 10.6 Å². The second-order valence-electron chi connectivity index (χ2n) is 5.94. The van der Waals surface area contributed by atoms with Gasteiger partial charge in [-0.2, -0.15) is 5.10 Å². The summed E-state index contributed by atoms with van der Waals surface area (Å²) in [6.45, 7) is 3.61. The van der Waals surface area contributed by atoms with E-state index in [2.05, 4.69) is 33.8 Å². The van der Waals surface area contributed by atoms with Crippen LogP contribution in [0.25, 0.3) is 0 Å². The third-order valence-corrected chi connectivity index (χ3v) is 5.29. The minimum absolute atomic E-state index is 0.0354. The van der Waals surface area contributed by atoms with Crippen LogP contribution >= 0.6 is 11.3 Å². The molecule has 2 amide bonds. The molecule has 0 radical (unpaired) electrons. The van der Waals surface area contributed by atoms with E-state index in [1.54, 1.807) is 17.5 Å². The Morgan fingerprint density at radius 1 is 1.38 bits per heavy atom. The van der Waals surface area contributed by atoms with Crippen LogP contribution in [0.3, 0.4) is 0 Å². The van der Waals surface area contributed by atoms with Gasteiger partial charge in [0.05, 0.1) is 6.04 Å². The van der Waals surface area contributed by atoms with Gasteiger partial charge in [-0.25, -0.2) is 4.79 Å². The zero-order valence-corrected chi connectivity index (χ0v) is 14.6. The Hall–Kier alpha value is -2.15. The summed E-state index contributed by atoms with van der Waals surface area (Å²) in [4.78, 5) is 15.6. The number of hydrogen-bond acceptors (Lipinski definition) is 5. The molecule has 1 aliphatic heterocycles. The molecule has 128 valence electrons. The summed E-state index contributed by atoms with van der Waals surface area (Å²) in [5.74, 6) is 0.796. The molecule has 7 heteroatoms. The molecule has 0 aromatic carbocycles. The normalized spacial score (nSPS) is 16.6. The zero-order chi connectivity index (χ0) is 16.8. The monoisotopic (exact) mass is 345 g/mol. The van der Waals surface area contributed by atoms with Crippen LogP contribution in [0.1, 0.15) is 37.1 Å². The fourth-order valence-corrected chi connectivity index (χ4v) is 3.78. The summed E-state index contributed by atoms with van der Waals surface area (Å²) < 4.78 is 0. The predicted molar refractivity (Wildman–Crippen MR) is 96.1 cm³/mol. The van der Waals surface area contributed by atoms with Gasteiger partial charge >= 0.3 is 6.03 Å². The third kappa shape index (κ3) is 4.23. The van der Waals surface area contributed by atoms with Crippen LogP contribution in [0.15, 0.2) is 35.8 Å². The Labute approximate surface area is 146 Å². The average Bonchev–Trinajstić information content (AvgIpc) is 3.15. The van der Waals surface area contributed by atoms with Crippen molar-refractivity contribution in [3.05, 3.63) is 40.7 Å². The topological polar surface area (TPSA) is 70.2 Å². The van der Waals surface area contributed by atoms with Gasteiger partial charge in [0.1, 0.15) is 5.82 Å². The van der Waals surface area contributed by atoms with Crippen molar-refractivity contribution in [1.82, 2.24) is 20.4 Å². The maximum Gasteiger partial charge on any atom is 0.317 e. The molecule has 1 atom stereocenters. The number of carbonyl (C=O) groups excluding carboxylic acids is 1. The van der Waals surface area contributed by atoms with E-state index >= 15 is 0 Å². The Morgan fingerprint density at radius 3 is 2.83 bits per heavy atom. The molecule has 3 heterocycles. The van der Waals surface area contributed by atoms with Gasteiger partial charge in [-0.15, -0.1) is 16.4 Å². The molecule has 24 heavy (non-hydrogen) atoms. The van der Waals surface area contributed by atoms with Gasteiger partial charge in [0.25, 0.3) is 0 Å². The van der Waals surface area contributed by atoms with Crippen molar-refractivity contribution in [2.24, 2.45) is 0 Å². The number of rotatable bonds is 5. The highest BCUT2D eigenvalue weighted by Crippen LogP contribution is 2.22. The molecule has 0 saturated carbocycles. The number of anilines is 1. The molecular formula is C17H23N5OS. The van der Waals surface area contributed by atoms with E-state index in [9.17, 15) is 4.79 Å². The van der Waals surface area contributed by atoms with Crippen LogP contribution in [0, 0.1) is 0 Å². The molecule has 2 N–H and O–H groups in total. The lowest BCUT2D eigenvalue weighted by Gasteiger charge is -2.33. The Bertz CT molecular complexity index is 626. The minimum atomic E-state index is 0.0354. The minimum Gasteiger partial charge on any atom is -0.366 e. The SMILES string of the molecule is CC[C@@H](NC(=O)N1CCC(Nc2cccnn2)CC1)c1cccs1. The highest BCUT2D eigenvalue weighted by Gasteiger charge is 2.24. The summed E-state index contributed by atoms with van der Waals surface area (Å²) in [6.07, 6.45) is 4.40. The molecule has 2 aromatic rings. The maximum atomic E-state index is 12.5. The van der Waals surface area contributed by atoms with E-state index in [1.165, 1.54) is 4.88 Å². The summed E-state index contributed by atoms with van der Waals surface area (Å²) in [5, 5.41) is 16.5. The number of carbonyl (C=O) groups is 1. The molecule has 3 rings (SSSR count). The smallest absolute Gasteiger partial charge is 0.317 e. The van der Waals surface area contributed by atoms with E-state index in [1.807, 2.05) is 28.5 Å². The zero-order valence-electron chi connectivity index (χ0n) is 13.8. The number of nitrogens with one attached hydrogen (secondary N) is 2. The molecule has 2 aromatic heterocycles. The second-order valence-corrected chi connectivity index (χ2v) is 6.92. The van der Waals surface area contributed by atoms with Crippen molar-refractivity contribution in [2.75, 3.05) is 18.4 Å². The van der Waals surface area contributed by atoms with Crippen molar-refractivity contribution < 1.29 is 4.79 Å². The molecule has 1 saturated heterocycles. The van der Waals surface area contributed by atoms with Gasteiger partial charge in [0.15, 0.2) is 0 Å². The number of amides is 2. The van der Waals surface area contributed by atoms with E-state index in [-0.39, 0.29) is 12.1 Å². The first-order valence-electron chi connectivity index (χ1n) is 8.39. The molecule has 0 aliphatic carbocycles. The summed E-state index contributed by atoms with van der Waals surface area (Å²) >= 11 is 1.69. The van der Waals surface area contributed by atoms with Crippen LogP contribution in [0.4, 0.5) is 10.6 Å². The average molecular weight is 345 g/mol. The first-order chi connectivity index (χ1) is 11.8. The summed E-state index contributed by atoms with van der Waals surface area (Å²) in [7, 11) is 0. The van der Waals surface area contributed by atoms with Gasteiger partial charge in [0.2, 0.25) is 0 Å². The summed E-state index contributed by atoms with van der Waals surface area (Å²) in [5.41, 5.74) is 0. The largest absolute Gasteiger partial charge is 0.366 e. The molecule has 6 nitrogen and oxygen atoms in total. The van der Waals surface area contributed by atoms with E-state index in [0.717, 1.165) is 38.2 Å². The quantitative estimate of drug-likeness (QED) is 0.872. The van der Waals surface area contributed by atoms with Crippen LogP contribution in [0.2, 0.25) is 0 Å². The van der Waals surface area contributed by atoms with Gasteiger partial charge < -0.3 is 15.5 Å². The molecule has 0 unspecified atom stereocenters. The highest BCUT2D eigenvalue weighted by molar-refractivity contribution is 7.10. The molecule has 1 aliphatic rings. The van der Waals surface area contributed by atoms with Crippen LogP contribution in [-0.2, 0) is 0 Å². The number of urea groups is 1. The van der Waals surface area contributed by atoms with Crippen molar-refractivity contribution in [2.45, 2.75) is 38.3 Å². The van der Waals surface area contributed by atoms with E-state index in [4.69, 9.17) is 0 Å². The number of likely N-dealkylation sites (tertiary alicyclic amines) is 1. The van der Waals surface area contributed by atoms with Crippen LogP contribution in [-0.4, -0.2) is 40.3 Å². The predicted octanol–water partition coefficient (Wildman–Crippen LogP) is 3.28. The number of hydrogen-bond donors (Lipinski definition) is 2.